The number of benzene rings is 2. The van der Waals surface area contributed by atoms with Gasteiger partial charge in [-0.3, -0.25) is 10.2 Å². The molecule has 0 saturated heterocycles. The van der Waals surface area contributed by atoms with Crippen LogP contribution < -0.4 is 4.74 Å². The molecule has 1 heterocycles. The van der Waals surface area contributed by atoms with Crippen molar-refractivity contribution in [2.75, 3.05) is 13.1 Å². The van der Waals surface area contributed by atoms with Gasteiger partial charge in [0.25, 0.3) is 0 Å². The number of amides is 1. The SMILES string of the molecule is N=CN(CCC(=O)N1CCc2ccc(Oc3ccc(C(F)(F)F)c(F)c3)cc2C1)N=N. The summed E-state index contributed by atoms with van der Waals surface area (Å²) in [5.41, 5.74) is 7.37. The molecule has 2 N–H and O–H groups in total. The van der Waals surface area contributed by atoms with Gasteiger partial charge in [0, 0.05) is 25.6 Å². The number of alkyl halides is 3. The Balaban J connectivity index is 1.69. The number of hydrogen-bond acceptors (Lipinski definition) is 5. The lowest BCUT2D eigenvalue weighted by molar-refractivity contribution is -0.140. The van der Waals surface area contributed by atoms with E-state index in [1.165, 1.54) is 0 Å². The molecule has 0 aliphatic carbocycles. The maximum atomic E-state index is 13.8. The summed E-state index contributed by atoms with van der Waals surface area (Å²) in [6.07, 6.45) is -3.21. The van der Waals surface area contributed by atoms with Crippen LogP contribution in [0.5, 0.6) is 11.5 Å². The van der Waals surface area contributed by atoms with Gasteiger partial charge in [0.1, 0.15) is 23.7 Å². The van der Waals surface area contributed by atoms with E-state index in [0.29, 0.717) is 37.4 Å². The van der Waals surface area contributed by atoms with E-state index in [1.807, 2.05) is 6.07 Å². The quantitative estimate of drug-likeness (QED) is 0.215. The van der Waals surface area contributed by atoms with Crippen molar-refractivity contribution >= 4 is 12.2 Å². The van der Waals surface area contributed by atoms with Gasteiger partial charge >= 0.3 is 6.18 Å². The number of hydrogen-bond donors (Lipinski definition) is 2. The monoisotopic (exact) mass is 437 g/mol. The van der Waals surface area contributed by atoms with Gasteiger partial charge in [0.05, 0.1) is 12.1 Å². The molecule has 164 valence electrons. The highest BCUT2D eigenvalue weighted by molar-refractivity contribution is 5.77. The van der Waals surface area contributed by atoms with E-state index >= 15 is 0 Å². The standard InChI is InChI=1S/C20H19F4N5O2/c21-18-10-16(3-4-17(18)20(22,23)24)31-15-2-1-13-5-7-28(11-14(13)9-15)19(30)6-8-29(12-25)27-26/h1-4,9-10,12,25-26H,5-8,11H2. The summed E-state index contributed by atoms with van der Waals surface area (Å²) in [6, 6.07) is 7.49. The van der Waals surface area contributed by atoms with E-state index in [4.69, 9.17) is 15.7 Å². The van der Waals surface area contributed by atoms with Crippen LogP contribution in [0.25, 0.3) is 0 Å². The molecule has 0 unspecified atom stereocenters. The fourth-order valence-electron chi connectivity index (χ4n) is 3.25. The largest absolute Gasteiger partial charge is 0.457 e. The van der Waals surface area contributed by atoms with Crippen LogP contribution in [0.4, 0.5) is 17.6 Å². The molecule has 1 aliphatic rings. The summed E-state index contributed by atoms with van der Waals surface area (Å²) in [4.78, 5) is 14.1. The molecule has 7 nitrogen and oxygen atoms in total. The van der Waals surface area contributed by atoms with E-state index in [0.717, 1.165) is 28.5 Å². The average Bonchev–Trinajstić information content (AvgIpc) is 2.73. The summed E-state index contributed by atoms with van der Waals surface area (Å²) >= 11 is 0. The van der Waals surface area contributed by atoms with Crippen molar-refractivity contribution in [1.29, 1.82) is 10.9 Å². The summed E-state index contributed by atoms with van der Waals surface area (Å²) in [5.74, 6) is -1.33. The highest BCUT2D eigenvalue weighted by Crippen LogP contribution is 2.34. The van der Waals surface area contributed by atoms with Gasteiger partial charge in [0.15, 0.2) is 0 Å². The topological polar surface area (TPSA) is 92.8 Å². The lowest BCUT2D eigenvalue weighted by atomic mass is 9.99. The number of carbonyl (C=O) groups is 1. The molecule has 3 rings (SSSR count). The van der Waals surface area contributed by atoms with Crippen LogP contribution in [0.2, 0.25) is 0 Å². The number of halogens is 4. The molecule has 1 aliphatic heterocycles. The molecule has 0 aromatic heterocycles. The number of nitrogens with one attached hydrogen (secondary N) is 2. The predicted molar refractivity (Wildman–Crippen MR) is 102 cm³/mol. The van der Waals surface area contributed by atoms with E-state index in [-0.39, 0.29) is 24.6 Å². The van der Waals surface area contributed by atoms with Crippen LogP contribution in [-0.2, 0) is 23.9 Å². The first-order valence-corrected chi connectivity index (χ1v) is 9.30. The number of ether oxygens (including phenoxy) is 1. The summed E-state index contributed by atoms with van der Waals surface area (Å²) in [5, 5.41) is 11.2. The van der Waals surface area contributed by atoms with Gasteiger partial charge < -0.3 is 9.64 Å². The highest BCUT2D eigenvalue weighted by Gasteiger charge is 2.34. The molecule has 0 saturated carbocycles. The van der Waals surface area contributed by atoms with Crippen LogP contribution >= 0.6 is 0 Å². The van der Waals surface area contributed by atoms with Crippen molar-refractivity contribution in [1.82, 2.24) is 9.91 Å². The van der Waals surface area contributed by atoms with Crippen LogP contribution in [0.15, 0.2) is 41.6 Å². The van der Waals surface area contributed by atoms with Crippen LogP contribution in [0.3, 0.4) is 0 Å². The minimum absolute atomic E-state index is 0.0694. The number of carbonyl (C=O) groups excluding carboxylic acids is 1. The van der Waals surface area contributed by atoms with Crippen LogP contribution in [0.1, 0.15) is 23.1 Å². The number of nitrogens with zero attached hydrogens (tertiary/aromatic N) is 3. The Bertz CT molecular complexity index is 988. The van der Waals surface area contributed by atoms with Gasteiger partial charge in [0.2, 0.25) is 5.91 Å². The third-order valence-corrected chi connectivity index (χ3v) is 4.86. The number of fused-ring (bicyclic) bond motifs is 1. The first kappa shape index (κ1) is 22.2. The minimum Gasteiger partial charge on any atom is -0.457 e. The third-order valence-electron chi connectivity index (χ3n) is 4.86. The number of rotatable bonds is 7. The molecule has 0 fully saturated rings. The van der Waals surface area contributed by atoms with Crippen molar-refractivity contribution in [2.24, 2.45) is 5.22 Å². The molecule has 11 heteroatoms. The summed E-state index contributed by atoms with van der Waals surface area (Å²) in [6.45, 7) is 0.950. The maximum absolute atomic E-state index is 13.8. The van der Waals surface area contributed by atoms with Crippen molar-refractivity contribution in [3.63, 3.8) is 0 Å². The first-order chi connectivity index (χ1) is 14.7. The van der Waals surface area contributed by atoms with E-state index in [1.54, 1.807) is 17.0 Å². The van der Waals surface area contributed by atoms with Gasteiger partial charge in [-0.15, -0.1) is 0 Å². The fraction of sp³-hybridized carbons (Fsp3) is 0.300. The molecule has 31 heavy (non-hydrogen) atoms. The zero-order valence-corrected chi connectivity index (χ0v) is 16.2. The lowest BCUT2D eigenvalue weighted by Gasteiger charge is -2.29. The maximum Gasteiger partial charge on any atom is 0.419 e. The molecule has 1 amide bonds. The van der Waals surface area contributed by atoms with Crippen LogP contribution in [-0.4, -0.2) is 35.2 Å². The molecular formula is C20H19F4N5O2. The Hall–Kier alpha value is -3.50. The van der Waals surface area contributed by atoms with Gasteiger partial charge in [-0.2, -0.15) is 18.7 Å². The Morgan fingerprint density at radius 1 is 1.19 bits per heavy atom. The Kier molecular flexibility index (Phi) is 6.52. The Labute approximate surface area is 175 Å². The zero-order valence-electron chi connectivity index (χ0n) is 16.2. The Morgan fingerprint density at radius 2 is 1.90 bits per heavy atom. The van der Waals surface area contributed by atoms with E-state index < -0.39 is 17.6 Å². The predicted octanol–water partition coefficient (Wildman–Crippen LogP) is 4.77. The second-order valence-corrected chi connectivity index (χ2v) is 6.88. The van der Waals surface area contributed by atoms with Crippen molar-refractivity contribution in [2.45, 2.75) is 25.6 Å². The third kappa shape index (κ3) is 5.36. The van der Waals surface area contributed by atoms with Gasteiger partial charge in [-0.05, 0) is 41.8 Å². The minimum atomic E-state index is -4.78. The van der Waals surface area contributed by atoms with Crippen LogP contribution in [0, 0.1) is 16.8 Å². The fourth-order valence-corrected chi connectivity index (χ4v) is 3.25. The summed E-state index contributed by atoms with van der Waals surface area (Å²) < 4.78 is 57.4. The average molecular weight is 437 g/mol. The molecule has 0 bridgehead atoms. The molecule has 0 radical (unpaired) electrons. The zero-order chi connectivity index (χ0) is 22.6. The van der Waals surface area contributed by atoms with Gasteiger partial charge in [-0.25, -0.2) is 9.40 Å². The smallest absolute Gasteiger partial charge is 0.419 e. The highest BCUT2D eigenvalue weighted by atomic mass is 19.4. The molecular weight excluding hydrogens is 418 g/mol. The van der Waals surface area contributed by atoms with Crippen molar-refractivity contribution < 1.29 is 27.1 Å². The van der Waals surface area contributed by atoms with Gasteiger partial charge in [-0.1, -0.05) is 11.3 Å². The first-order valence-electron chi connectivity index (χ1n) is 9.30. The lowest BCUT2D eigenvalue weighted by Crippen LogP contribution is -2.37. The van der Waals surface area contributed by atoms with Crippen molar-refractivity contribution in [3.05, 3.63) is 58.9 Å². The molecule has 2 aromatic carbocycles. The van der Waals surface area contributed by atoms with Crippen molar-refractivity contribution in [3.8, 4) is 11.5 Å². The molecule has 0 atom stereocenters. The second kappa shape index (κ2) is 9.11. The Morgan fingerprint density at radius 3 is 2.55 bits per heavy atom. The van der Waals surface area contributed by atoms with E-state index in [2.05, 4.69) is 5.22 Å². The normalized spacial score (nSPS) is 13.4. The second-order valence-electron chi connectivity index (χ2n) is 6.88. The molecule has 0 spiro atoms. The molecule has 2 aromatic rings. The van der Waals surface area contributed by atoms with E-state index in [9.17, 15) is 22.4 Å². The summed E-state index contributed by atoms with van der Waals surface area (Å²) in [7, 11) is 0.